The van der Waals surface area contributed by atoms with Crippen molar-refractivity contribution in [2.24, 2.45) is 5.10 Å². The summed E-state index contributed by atoms with van der Waals surface area (Å²) in [4.78, 5) is 0. The molecule has 0 unspecified atom stereocenters. The van der Waals surface area contributed by atoms with Gasteiger partial charge in [0, 0.05) is 13.3 Å². The van der Waals surface area contributed by atoms with Crippen molar-refractivity contribution in [1.29, 1.82) is 0 Å². The molecular formula is C11H13F2N3O. The SMILES string of the molecule is C/C=N\N/C(=C\N(C)O)c1c(F)cccc1F. The molecular weight excluding hydrogens is 228 g/mol. The Hall–Kier alpha value is -1.95. The van der Waals surface area contributed by atoms with Crippen LogP contribution in [0.5, 0.6) is 0 Å². The maximum absolute atomic E-state index is 13.5. The number of hydrazone groups is 1. The van der Waals surface area contributed by atoms with Crippen molar-refractivity contribution in [3.63, 3.8) is 0 Å². The van der Waals surface area contributed by atoms with E-state index < -0.39 is 11.6 Å². The lowest BCUT2D eigenvalue weighted by molar-refractivity contribution is -0.0125. The first-order valence-corrected chi connectivity index (χ1v) is 4.88. The van der Waals surface area contributed by atoms with E-state index in [1.807, 2.05) is 0 Å². The molecule has 0 aliphatic rings. The maximum Gasteiger partial charge on any atom is 0.135 e. The van der Waals surface area contributed by atoms with Crippen molar-refractivity contribution >= 4 is 11.9 Å². The normalized spacial score (nSPS) is 11.9. The second-order valence-electron chi connectivity index (χ2n) is 3.21. The molecule has 6 heteroatoms. The predicted molar refractivity (Wildman–Crippen MR) is 61.2 cm³/mol. The van der Waals surface area contributed by atoms with Crippen LogP contribution in [0.25, 0.3) is 5.70 Å². The number of rotatable bonds is 4. The summed E-state index contributed by atoms with van der Waals surface area (Å²) in [5.74, 6) is -1.48. The average molecular weight is 241 g/mol. The van der Waals surface area contributed by atoms with E-state index in [0.717, 1.165) is 18.3 Å². The van der Waals surface area contributed by atoms with Gasteiger partial charge < -0.3 is 0 Å². The zero-order valence-corrected chi connectivity index (χ0v) is 9.48. The lowest BCUT2D eigenvalue weighted by Gasteiger charge is -2.12. The van der Waals surface area contributed by atoms with E-state index in [-0.39, 0.29) is 11.3 Å². The van der Waals surface area contributed by atoms with Crippen molar-refractivity contribution < 1.29 is 14.0 Å². The monoisotopic (exact) mass is 241 g/mol. The fourth-order valence-electron chi connectivity index (χ4n) is 1.23. The summed E-state index contributed by atoms with van der Waals surface area (Å²) in [7, 11) is 1.32. The van der Waals surface area contributed by atoms with Gasteiger partial charge in [0.15, 0.2) is 0 Å². The quantitative estimate of drug-likeness (QED) is 0.627. The van der Waals surface area contributed by atoms with Gasteiger partial charge in [0.2, 0.25) is 0 Å². The molecule has 0 bridgehead atoms. The number of nitrogens with zero attached hydrogens (tertiary/aromatic N) is 2. The Morgan fingerprint density at radius 2 is 2.00 bits per heavy atom. The van der Waals surface area contributed by atoms with E-state index >= 15 is 0 Å². The lowest BCUT2D eigenvalue weighted by atomic mass is 10.1. The van der Waals surface area contributed by atoms with Crippen LogP contribution in [0, 0.1) is 11.6 Å². The summed E-state index contributed by atoms with van der Waals surface area (Å²) in [6.45, 7) is 1.64. The van der Waals surface area contributed by atoms with Gasteiger partial charge in [-0.05, 0) is 19.1 Å². The molecule has 0 amide bonds. The Kier molecular flexibility index (Phi) is 4.59. The topological polar surface area (TPSA) is 47.9 Å². The second-order valence-corrected chi connectivity index (χ2v) is 3.21. The standard InChI is InChI=1S/C11H13F2N3O/c1-3-14-15-10(7-16(2)17)11-8(12)5-4-6-9(11)13/h3-7,15,17H,1-2H3/b10-7-,14-3-. The Labute approximate surface area is 97.8 Å². The summed E-state index contributed by atoms with van der Waals surface area (Å²) in [6, 6.07) is 3.51. The number of hydrogen-bond acceptors (Lipinski definition) is 4. The minimum atomic E-state index is -0.739. The molecule has 1 aromatic carbocycles. The third-order valence-electron chi connectivity index (χ3n) is 1.86. The zero-order valence-electron chi connectivity index (χ0n) is 9.48. The molecule has 92 valence electrons. The first-order valence-electron chi connectivity index (χ1n) is 4.88. The van der Waals surface area contributed by atoms with Gasteiger partial charge in [0.1, 0.15) is 11.6 Å². The van der Waals surface area contributed by atoms with Crippen LogP contribution in [-0.4, -0.2) is 23.5 Å². The van der Waals surface area contributed by atoms with Gasteiger partial charge in [-0.2, -0.15) is 5.10 Å². The van der Waals surface area contributed by atoms with E-state index in [2.05, 4.69) is 10.5 Å². The largest absolute Gasteiger partial charge is 0.289 e. The third-order valence-corrected chi connectivity index (χ3v) is 1.86. The Morgan fingerprint density at radius 1 is 1.41 bits per heavy atom. The van der Waals surface area contributed by atoms with Gasteiger partial charge in [0.05, 0.1) is 17.5 Å². The summed E-state index contributed by atoms with van der Waals surface area (Å²) in [5.41, 5.74) is 2.19. The smallest absolute Gasteiger partial charge is 0.135 e. The average Bonchev–Trinajstić information content (AvgIpc) is 2.24. The van der Waals surface area contributed by atoms with Crippen LogP contribution in [0.1, 0.15) is 12.5 Å². The second kappa shape index (κ2) is 5.95. The van der Waals surface area contributed by atoms with Gasteiger partial charge >= 0.3 is 0 Å². The summed E-state index contributed by atoms with van der Waals surface area (Å²) in [5, 5.41) is 13.4. The van der Waals surface area contributed by atoms with E-state index in [9.17, 15) is 8.78 Å². The molecule has 4 nitrogen and oxygen atoms in total. The van der Waals surface area contributed by atoms with Crippen molar-refractivity contribution in [1.82, 2.24) is 10.5 Å². The fourth-order valence-corrected chi connectivity index (χ4v) is 1.23. The highest BCUT2D eigenvalue weighted by molar-refractivity contribution is 5.65. The minimum absolute atomic E-state index is 0.0173. The molecule has 0 spiro atoms. The van der Waals surface area contributed by atoms with Gasteiger partial charge in [-0.25, -0.2) is 8.78 Å². The maximum atomic E-state index is 13.5. The fraction of sp³-hybridized carbons (Fsp3) is 0.182. The van der Waals surface area contributed by atoms with Crippen molar-refractivity contribution in [2.45, 2.75) is 6.92 Å². The minimum Gasteiger partial charge on any atom is -0.289 e. The number of nitrogens with one attached hydrogen (secondary N) is 1. The molecule has 0 aliphatic carbocycles. The molecule has 0 radical (unpaired) electrons. The number of hydroxylamine groups is 2. The van der Waals surface area contributed by atoms with Crippen LogP contribution in [0.4, 0.5) is 8.78 Å². The highest BCUT2D eigenvalue weighted by atomic mass is 19.1. The number of halogens is 2. The molecule has 0 aromatic heterocycles. The third kappa shape index (κ3) is 3.53. The van der Waals surface area contributed by atoms with Gasteiger partial charge in [-0.1, -0.05) is 6.07 Å². The van der Waals surface area contributed by atoms with Crippen LogP contribution in [0.15, 0.2) is 29.5 Å². The molecule has 0 fully saturated rings. The zero-order chi connectivity index (χ0) is 12.8. The van der Waals surface area contributed by atoms with E-state index in [0.29, 0.717) is 5.06 Å². The Balaban J connectivity index is 3.22. The highest BCUT2D eigenvalue weighted by Crippen LogP contribution is 2.19. The molecule has 2 N–H and O–H groups in total. The van der Waals surface area contributed by atoms with Gasteiger partial charge in [-0.3, -0.25) is 15.7 Å². The Bertz CT molecular complexity index is 424. The van der Waals surface area contributed by atoms with Crippen molar-refractivity contribution in [3.8, 4) is 0 Å². The van der Waals surface area contributed by atoms with Crippen molar-refractivity contribution in [2.75, 3.05) is 7.05 Å². The molecule has 0 heterocycles. The predicted octanol–water partition coefficient (Wildman–Crippen LogP) is 2.18. The molecule has 0 aliphatic heterocycles. The van der Waals surface area contributed by atoms with E-state index in [4.69, 9.17) is 5.21 Å². The molecule has 17 heavy (non-hydrogen) atoms. The molecule has 1 aromatic rings. The van der Waals surface area contributed by atoms with Crippen LogP contribution >= 0.6 is 0 Å². The molecule has 1 rings (SSSR count). The number of benzene rings is 1. The first-order chi connectivity index (χ1) is 8.06. The lowest BCUT2D eigenvalue weighted by Crippen LogP contribution is -2.13. The van der Waals surface area contributed by atoms with Gasteiger partial charge in [0.25, 0.3) is 0 Å². The molecule has 0 saturated heterocycles. The highest BCUT2D eigenvalue weighted by Gasteiger charge is 2.13. The summed E-state index contributed by atoms with van der Waals surface area (Å²) >= 11 is 0. The van der Waals surface area contributed by atoms with Gasteiger partial charge in [-0.15, -0.1) is 0 Å². The van der Waals surface area contributed by atoms with Crippen molar-refractivity contribution in [3.05, 3.63) is 41.6 Å². The van der Waals surface area contributed by atoms with E-state index in [1.54, 1.807) is 6.92 Å². The van der Waals surface area contributed by atoms with E-state index in [1.165, 1.54) is 19.3 Å². The molecule has 0 atom stereocenters. The summed E-state index contributed by atoms with van der Waals surface area (Å²) < 4.78 is 27.0. The summed E-state index contributed by atoms with van der Waals surface area (Å²) in [6.07, 6.45) is 2.54. The van der Waals surface area contributed by atoms with Crippen LogP contribution in [-0.2, 0) is 0 Å². The number of hydrogen-bond donors (Lipinski definition) is 2. The first kappa shape index (κ1) is 13.1. The van der Waals surface area contributed by atoms with Crippen LogP contribution in [0.2, 0.25) is 0 Å². The van der Waals surface area contributed by atoms with Crippen LogP contribution < -0.4 is 5.43 Å². The molecule has 0 saturated carbocycles. The Morgan fingerprint density at radius 3 is 2.47 bits per heavy atom. The van der Waals surface area contributed by atoms with Crippen LogP contribution in [0.3, 0.4) is 0 Å².